The third-order valence-electron chi connectivity index (χ3n) is 19.9. The minimum atomic E-state index is -5.09. The summed E-state index contributed by atoms with van der Waals surface area (Å²) in [6.45, 7) is 10.4. The summed E-state index contributed by atoms with van der Waals surface area (Å²) in [6.07, 6.45) is 21.0. The van der Waals surface area contributed by atoms with Gasteiger partial charge >= 0.3 is 8.80 Å². The SMILES string of the molecule is CCCCCCCCCCC[N+](CCCCCCCCCCC)(CCCCCCCCCCC)CCC[Si](OC(CN1CCN(CC(O)CS(=O)(=O)O)CC1)CS(=O)(=O)O)(OC(CN1CCN(CC(O)CS(=O)(=O)O)CC1)CS(=O)(=O)O)OC(CN1CCN(CC(O)CS(=O)(=O)O)CC1)CS(=O)(=O)O. The van der Waals surface area contributed by atoms with Crippen LogP contribution < -0.4 is 0 Å². The van der Waals surface area contributed by atoms with Gasteiger partial charge in [0.2, 0.25) is 0 Å². The number of nitrogens with zero attached hydrogens (tertiary/aromatic N) is 7. The molecule has 104 heavy (non-hydrogen) atoms. The molecule has 3 rings (SSSR count). The second kappa shape index (κ2) is 51.0. The summed E-state index contributed by atoms with van der Waals surface area (Å²) in [5.74, 6) is -6.04. The molecule has 0 spiro atoms. The molecule has 9 N–H and O–H groups in total. The topological polar surface area (TPSA) is 434 Å². The second-order valence-electron chi connectivity index (χ2n) is 30.0. The Labute approximate surface area is 627 Å². The summed E-state index contributed by atoms with van der Waals surface area (Å²) >= 11 is 0. The summed E-state index contributed by atoms with van der Waals surface area (Å²) in [6, 6.07) is -0.218. The molecule has 3 aliphatic heterocycles. The fourth-order valence-corrected chi connectivity index (χ4v) is 22.0. The van der Waals surface area contributed by atoms with Gasteiger partial charge in [0.15, 0.2) is 0 Å². The Hall–Kier alpha value is -0.843. The predicted molar refractivity (Wildman–Crippen MR) is 406 cm³/mol. The Morgan fingerprint density at radius 3 is 0.663 bits per heavy atom. The molecule has 3 fully saturated rings. The number of unbranched alkanes of at least 4 members (excludes halogenated alkanes) is 24. The highest BCUT2D eigenvalue weighted by Gasteiger charge is 2.51. The van der Waals surface area contributed by atoms with Crippen LogP contribution in [-0.4, -0.2) is 351 Å². The van der Waals surface area contributed by atoms with E-state index in [-0.39, 0.29) is 130 Å². The van der Waals surface area contributed by atoms with Crippen molar-refractivity contribution in [1.82, 2.24) is 29.4 Å². The molecule has 3 saturated heterocycles. The van der Waals surface area contributed by atoms with E-state index in [4.69, 9.17) is 13.3 Å². The van der Waals surface area contributed by atoms with Gasteiger partial charge < -0.3 is 33.1 Å². The molecule has 0 aromatic carbocycles. The van der Waals surface area contributed by atoms with Crippen molar-refractivity contribution in [1.29, 1.82) is 0 Å². The van der Waals surface area contributed by atoms with Gasteiger partial charge in [-0.1, -0.05) is 156 Å². The van der Waals surface area contributed by atoms with Gasteiger partial charge in [-0.05, 0) is 38.5 Å². The molecule has 0 aromatic rings. The molecule has 3 aliphatic rings. The van der Waals surface area contributed by atoms with Gasteiger partial charge in [0.25, 0.3) is 60.7 Å². The maximum Gasteiger partial charge on any atom is 0.502 e. The number of aliphatic hydroxyl groups excluding tert-OH is 3. The lowest BCUT2D eigenvalue weighted by Crippen LogP contribution is -2.61. The van der Waals surface area contributed by atoms with Crippen molar-refractivity contribution in [2.75, 3.05) is 179 Å². The molecule has 0 saturated carbocycles. The molecule has 6 unspecified atom stereocenters. The van der Waals surface area contributed by atoms with E-state index in [0.717, 1.165) is 135 Å². The smallest absolute Gasteiger partial charge is 0.391 e. The van der Waals surface area contributed by atoms with Crippen LogP contribution in [0.15, 0.2) is 0 Å². The standard InChI is InChI=1S/C66H137N7O24S6Si/c1-4-7-10-13-16-19-22-25-28-44-73(45-29-26-23-20-17-14-11-8-5-2,46-30-27-24-21-18-15-12-9-6-3)47-31-48-104(95-64(58-101(86,87)88)52-70-38-32-67(33-39-70)49-61(74)55-98(77,78)79,96-65(59-102(89,90)91)53-71-40-34-68(35-41-71)50-62(75)56-99(80,81)82)97-66(60-103(92,93)94)54-72-42-36-69(37-43-72)51-63(76)57-100(83,84)85/h61-66,74-76H,4-60H2,1-3H3,(H5-,77,78,79,80,81,82,83,84,85,86,87,88,89,90,91,92,93,94)/p+1. The number of hydrogen-bond acceptors (Lipinski definition) is 24. The molecule has 6 atom stereocenters. The maximum atomic E-state index is 13.5. The van der Waals surface area contributed by atoms with Gasteiger partial charge in [-0.3, -0.25) is 56.7 Å². The van der Waals surface area contributed by atoms with Crippen molar-refractivity contribution in [3.63, 3.8) is 0 Å². The summed E-state index contributed by atoms with van der Waals surface area (Å²) < 4.78 is 234. The Bertz CT molecular complexity index is 2680. The first kappa shape index (κ1) is 97.4. The van der Waals surface area contributed by atoms with Crippen molar-refractivity contribution in [3.05, 3.63) is 0 Å². The maximum absolute atomic E-state index is 13.5. The highest BCUT2D eigenvalue weighted by molar-refractivity contribution is 7.87. The highest BCUT2D eigenvalue weighted by Crippen LogP contribution is 2.30. The zero-order valence-corrected chi connectivity index (χ0v) is 68.9. The monoisotopic (exact) mass is 1630 g/mol. The Balaban J connectivity index is 2.34. The van der Waals surface area contributed by atoms with Gasteiger partial charge in [-0.25, -0.2) is 0 Å². The summed E-state index contributed by atoms with van der Waals surface area (Å²) in [5.41, 5.74) is 0. The second-order valence-corrected chi connectivity index (χ2v) is 41.5. The van der Waals surface area contributed by atoms with Gasteiger partial charge in [0, 0.05) is 130 Å². The van der Waals surface area contributed by atoms with Gasteiger partial charge in [-0.15, -0.1) is 0 Å². The van der Waals surface area contributed by atoms with Crippen molar-refractivity contribution in [2.24, 2.45) is 0 Å². The van der Waals surface area contributed by atoms with Gasteiger partial charge in [0.05, 0.1) is 62.8 Å². The van der Waals surface area contributed by atoms with E-state index in [1.807, 2.05) is 0 Å². The lowest BCUT2D eigenvalue weighted by atomic mass is 10.0. The largest absolute Gasteiger partial charge is 0.502 e. The Morgan fingerprint density at radius 2 is 0.462 bits per heavy atom. The van der Waals surface area contributed by atoms with E-state index in [0.29, 0.717) is 11.0 Å². The number of piperazine rings is 3. The molecule has 0 radical (unpaired) electrons. The molecule has 0 bridgehead atoms. The van der Waals surface area contributed by atoms with E-state index in [9.17, 15) is 93.1 Å². The van der Waals surface area contributed by atoms with Crippen molar-refractivity contribution < 1.29 is 111 Å². The number of quaternary nitrogens is 1. The molecule has 0 aromatic heterocycles. The lowest BCUT2D eigenvalue weighted by Gasteiger charge is -2.44. The van der Waals surface area contributed by atoms with Crippen LogP contribution >= 0.6 is 0 Å². The van der Waals surface area contributed by atoms with E-state index in [2.05, 4.69) is 20.8 Å². The van der Waals surface area contributed by atoms with E-state index < -0.39 is 141 Å². The van der Waals surface area contributed by atoms with Crippen molar-refractivity contribution in [3.8, 4) is 0 Å². The first-order chi connectivity index (χ1) is 48.8. The molecule has 31 nitrogen and oxygen atoms in total. The van der Waals surface area contributed by atoms with Gasteiger partial charge in [0.1, 0.15) is 34.5 Å². The van der Waals surface area contributed by atoms with Crippen LogP contribution in [-0.2, 0) is 74.0 Å². The third-order valence-corrected chi connectivity index (χ3v) is 27.8. The molecule has 3 heterocycles. The Kier molecular flexibility index (Phi) is 47.7. The van der Waals surface area contributed by atoms with Crippen LogP contribution in [0.1, 0.15) is 201 Å². The molecular weight excluding hydrogens is 1500 g/mol. The minimum Gasteiger partial charge on any atom is -0.391 e. The van der Waals surface area contributed by atoms with E-state index >= 15 is 0 Å². The van der Waals surface area contributed by atoms with Crippen LogP contribution in [0.3, 0.4) is 0 Å². The third kappa shape index (κ3) is 50.2. The lowest BCUT2D eigenvalue weighted by molar-refractivity contribution is -0.929. The number of rotatable bonds is 64. The van der Waals surface area contributed by atoms with Crippen LogP contribution in [0.2, 0.25) is 6.04 Å². The summed E-state index contributed by atoms with van der Waals surface area (Å²) in [5, 5.41) is 31.7. The quantitative estimate of drug-likeness (QED) is 0.0165. The van der Waals surface area contributed by atoms with Crippen LogP contribution in [0, 0.1) is 0 Å². The number of β-amino-alcohol motifs (C(OH)–C–C–N with tert-alkyl or cyclic N) is 3. The fraction of sp³-hybridized carbons (Fsp3) is 1.00. The zero-order chi connectivity index (χ0) is 77.4. The van der Waals surface area contributed by atoms with E-state index in [1.165, 1.54) is 57.8 Å². The molecular formula is C66H138N7O24S6Si+. The number of hydrogen-bond donors (Lipinski definition) is 9. The fourth-order valence-electron chi connectivity index (χ4n) is 14.8. The van der Waals surface area contributed by atoms with E-state index in [1.54, 1.807) is 29.4 Å². The van der Waals surface area contributed by atoms with Crippen LogP contribution in [0.25, 0.3) is 0 Å². The molecule has 0 amide bonds. The van der Waals surface area contributed by atoms with Crippen LogP contribution in [0.4, 0.5) is 0 Å². The Morgan fingerprint density at radius 1 is 0.279 bits per heavy atom. The molecule has 0 aliphatic carbocycles. The van der Waals surface area contributed by atoms with Crippen molar-refractivity contribution >= 4 is 69.5 Å². The average molecular weight is 1630 g/mol. The zero-order valence-electron chi connectivity index (χ0n) is 63.0. The minimum absolute atomic E-state index is 0.145. The average Bonchev–Trinajstić information content (AvgIpc) is 0.804. The predicted octanol–water partition coefficient (Wildman–Crippen LogP) is 5.14. The van der Waals surface area contributed by atoms with Crippen LogP contribution in [0.5, 0.6) is 0 Å². The van der Waals surface area contributed by atoms with Gasteiger partial charge in [-0.2, -0.15) is 50.5 Å². The van der Waals surface area contributed by atoms with Crippen molar-refractivity contribution in [2.45, 2.75) is 243 Å². The highest BCUT2D eigenvalue weighted by atomic mass is 32.2. The molecule has 38 heteroatoms. The normalized spacial score (nSPS) is 19.3. The first-order valence-corrected chi connectivity index (χ1v) is 50.3. The summed E-state index contributed by atoms with van der Waals surface area (Å²) in [4.78, 5) is 10.6. The molecule has 620 valence electrons. The summed E-state index contributed by atoms with van der Waals surface area (Å²) in [7, 11) is -33.7. The first-order valence-electron chi connectivity index (χ1n) is 38.8. The number of aliphatic hydroxyl groups is 3.